The van der Waals surface area contributed by atoms with Crippen LogP contribution in [-0.4, -0.2) is 32.8 Å². The molecule has 0 aliphatic rings. The topological polar surface area (TPSA) is 30.5 Å². The zero-order valence-electron chi connectivity index (χ0n) is 13.2. The van der Waals surface area contributed by atoms with E-state index < -0.39 is 0 Å². The van der Waals surface area contributed by atoms with Crippen molar-refractivity contribution < 1.29 is 9.47 Å². The number of nitrogens with one attached hydrogen (secondary N) is 1. The van der Waals surface area contributed by atoms with E-state index >= 15 is 0 Å². The summed E-state index contributed by atoms with van der Waals surface area (Å²) >= 11 is 2.00. The molecule has 20 heavy (non-hydrogen) atoms. The van der Waals surface area contributed by atoms with Gasteiger partial charge in [-0.3, -0.25) is 0 Å². The number of rotatable bonds is 9. The van der Waals surface area contributed by atoms with Crippen LogP contribution in [0.2, 0.25) is 0 Å². The molecule has 0 fully saturated rings. The lowest BCUT2D eigenvalue weighted by molar-refractivity contribution is 0.354. The standard InChI is InChI=1S/C16H27NO2S/c1-6-12(2)10-20-11-14(17-3)13-7-8-15(18-4)16(9-13)19-5/h7-9,12,14,17H,6,10-11H2,1-5H3. The van der Waals surface area contributed by atoms with Crippen molar-refractivity contribution in [3.05, 3.63) is 23.8 Å². The van der Waals surface area contributed by atoms with Crippen molar-refractivity contribution in [3.63, 3.8) is 0 Å². The lowest BCUT2D eigenvalue weighted by Gasteiger charge is -2.19. The molecule has 3 nitrogen and oxygen atoms in total. The highest BCUT2D eigenvalue weighted by atomic mass is 32.2. The Labute approximate surface area is 127 Å². The molecule has 114 valence electrons. The third kappa shape index (κ3) is 4.91. The molecule has 0 radical (unpaired) electrons. The maximum absolute atomic E-state index is 5.37. The average Bonchev–Trinajstić information content (AvgIpc) is 2.50. The van der Waals surface area contributed by atoms with Crippen molar-refractivity contribution in [1.29, 1.82) is 0 Å². The highest BCUT2D eigenvalue weighted by molar-refractivity contribution is 7.99. The molecule has 1 N–H and O–H groups in total. The van der Waals surface area contributed by atoms with Crippen molar-refractivity contribution >= 4 is 11.8 Å². The number of hydrogen-bond acceptors (Lipinski definition) is 4. The van der Waals surface area contributed by atoms with Crippen LogP contribution < -0.4 is 14.8 Å². The van der Waals surface area contributed by atoms with Crippen LogP contribution in [0.1, 0.15) is 31.9 Å². The second kappa shape index (κ2) is 9.14. The highest BCUT2D eigenvalue weighted by Gasteiger charge is 2.13. The molecule has 0 spiro atoms. The zero-order valence-corrected chi connectivity index (χ0v) is 14.0. The van der Waals surface area contributed by atoms with Gasteiger partial charge in [0.05, 0.1) is 14.2 Å². The second-order valence-corrected chi connectivity index (χ2v) is 6.08. The van der Waals surface area contributed by atoms with E-state index in [4.69, 9.17) is 9.47 Å². The van der Waals surface area contributed by atoms with Gasteiger partial charge in [-0.05, 0) is 36.4 Å². The Bertz CT molecular complexity index is 398. The van der Waals surface area contributed by atoms with E-state index in [-0.39, 0.29) is 0 Å². The van der Waals surface area contributed by atoms with Crippen molar-refractivity contribution in [3.8, 4) is 11.5 Å². The zero-order chi connectivity index (χ0) is 15.0. The molecule has 0 amide bonds. The van der Waals surface area contributed by atoms with Crippen LogP contribution in [0.4, 0.5) is 0 Å². The van der Waals surface area contributed by atoms with Crippen molar-refractivity contribution in [2.75, 3.05) is 32.8 Å². The minimum atomic E-state index is 0.337. The summed E-state index contributed by atoms with van der Waals surface area (Å²) in [6, 6.07) is 6.47. The van der Waals surface area contributed by atoms with Gasteiger partial charge >= 0.3 is 0 Å². The van der Waals surface area contributed by atoms with Gasteiger partial charge in [-0.15, -0.1) is 0 Å². The summed E-state index contributed by atoms with van der Waals surface area (Å²) in [6.45, 7) is 4.55. The van der Waals surface area contributed by atoms with E-state index in [2.05, 4.69) is 31.3 Å². The summed E-state index contributed by atoms with van der Waals surface area (Å²) in [5.74, 6) is 4.62. The third-order valence-corrected chi connectivity index (χ3v) is 4.92. The minimum Gasteiger partial charge on any atom is -0.493 e. The van der Waals surface area contributed by atoms with Gasteiger partial charge in [0.25, 0.3) is 0 Å². The van der Waals surface area contributed by atoms with E-state index in [0.717, 1.165) is 23.2 Å². The van der Waals surface area contributed by atoms with Crippen LogP contribution in [-0.2, 0) is 0 Å². The first-order chi connectivity index (χ1) is 9.65. The molecule has 0 heterocycles. The molecule has 1 aromatic carbocycles. The summed E-state index contributed by atoms with van der Waals surface area (Å²) in [5, 5.41) is 3.38. The highest BCUT2D eigenvalue weighted by Crippen LogP contribution is 2.31. The number of thioether (sulfide) groups is 1. The largest absolute Gasteiger partial charge is 0.493 e. The van der Waals surface area contributed by atoms with Crippen molar-refractivity contribution in [1.82, 2.24) is 5.32 Å². The fourth-order valence-corrected chi connectivity index (χ4v) is 3.29. The quantitative estimate of drug-likeness (QED) is 0.752. The summed E-state index contributed by atoms with van der Waals surface area (Å²) in [4.78, 5) is 0. The summed E-state index contributed by atoms with van der Waals surface area (Å²) in [7, 11) is 5.34. The number of benzene rings is 1. The van der Waals surface area contributed by atoms with Gasteiger partial charge in [-0.1, -0.05) is 26.3 Å². The molecular formula is C16H27NO2S. The molecule has 0 aliphatic carbocycles. The maximum atomic E-state index is 5.37. The lowest BCUT2D eigenvalue weighted by Crippen LogP contribution is -2.19. The number of methoxy groups -OCH3 is 2. The first-order valence-corrected chi connectivity index (χ1v) is 8.28. The molecule has 0 aromatic heterocycles. The smallest absolute Gasteiger partial charge is 0.161 e. The van der Waals surface area contributed by atoms with Gasteiger partial charge in [-0.25, -0.2) is 0 Å². The molecule has 2 atom stereocenters. The molecule has 0 aliphatic heterocycles. The molecule has 1 rings (SSSR count). The average molecular weight is 297 g/mol. The predicted molar refractivity (Wildman–Crippen MR) is 88.1 cm³/mol. The Morgan fingerprint density at radius 1 is 1.15 bits per heavy atom. The second-order valence-electron chi connectivity index (χ2n) is 5.01. The van der Waals surface area contributed by atoms with Crippen LogP contribution in [0.15, 0.2) is 18.2 Å². The van der Waals surface area contributed by atoms with Gasteiger partial charge in [-0.2, -0.15) is 11.8 Å². The molecule has 1 aromatic rings. The maximum Gasteiger partial charge on any atom is 0.161 e. The number of hydrogen-bond donors (Lipinski definition) is 1. The van der Waals surface area contributed by atoms with Gasteiger partial charge in [0, 0.05) is 11.8 Å². The Hall–Kier alpha value is -0.870. The Morgan fingerprint density at radius 3 is 2.40 bits per heavy atom. The normalized spacial score (nSPS) is 13.8. The van der Waals surface area contributed by atoms with E-state index in [1.807, 2.05) is 24.9 Å². The minimum absolute atomic E-state index is 0.337. The Morgan fingerprint density at radius 2 is 1.85 bits per heavy atom. The first kappa shape index (κ1) is 17.2. The molecule has 0 saturated carbocycles. The SMILES string of the molecule is CCC(C)CSCC(NC)c1ccc(OC)c(OC)c1. The molecular weight excluding hydrogens is 270 g/mol. The molecule has 2 unspecified atom stereocenters. The van der Waals surface area contributed by atoms with E-state index in [1.165, 1.54) is 17.7 Å². The fourth-order valence-electron chi connectivity index (χ4n) is 1.92. The summed E-state index contributed by atoms with van der Waals surface area (Å²) in [6.07, 6.45) is 1.24. The summed E-state index contributed by atoms with van der Waals surface area (Å²) < 4.78 is 10.7. The molecule has 0 saturated heterocycles. The van der Waals surface area contributed by atoms with Crippen molar-refractivity contribution in [2.24, 2.45) is 5.92 Å². The van der Waals surface area contributed by atoms with E-state index in [9.17, 15) is 0 Å². The van der Waals surface area contributed by atoms with Gasteiger partial charge in [0.2, 0.25) is 0 Å². The van der Waals surface area contributed by atoms with Crippen LogP contribution in [0.25, 0.3) is 0 Å². The van der Waals surface area contributed by atoms with Gasteiger partial charge in [0.1, 0.15) is 0 Å². The molecule has 4 heteroatoms. The van der Waals surface area contributed by atoms with Crippen LogP contribution in [0.5, 0.6) is 11.5 Å². The van der Waals surface area contributed by atoms with E-state index in [0.29, 0.717) is 6.04 Å². The first-order valence-electron chi connectivity index (χ1n) is 7.13. The fraction of sp³-hybridized carbons (Fsp3) is 0.625. The third-order valence-electron chi connectivity index (χ3n) is 3.54. The van der Waals surface area contributed by atoms with Gasteiger partial charge < -0.3 is 14.8 Å². The van der Waals surface area contributed by atoms with Crippen molar-refractivity contribution in [2.45, 2.75) is 26.3 Å². The van der Waals surface area contributed by atoms with Crippen LogP contribution in [0, 0.1) is 5.92 Å². The Balaban J connectivity index is 2.69. The summed E-state index contributed by atoms with van der Waals surface area (Å²) in [5.41, 5.74) is 1.24. The Kier molecular flexibility index (Phi) is 7.85. The van der Waals surface area contributed by atoms with Gasteiger partial charge in [0.15, 0.2) is 11.5 Å². The number of ether oxygens (including phenoxy) is 2. The predicted octanol–water partition coefficient (Wildman–Crippen LogP) is 3.74. The monoisotopic (exact) mass is 297 g/mol. The molecule has 0 bridgehead atoms. The van der Waals surface area contributed by atoms with Crippen LogP contribution >= 0.6 is 11.8 Å². The lowest BCUT2D eigenvalue weighted by atomic mass is 10.1. The van der Waals surface area contributed by atoms with E-state index in [1.54, 1.807) is 14.2 Å². The van der Waals surface area contributed by atoms with Crippen LogP contribution in [0.3, 0.4) is 0 Å².